The van der Waals surface area contributed by atoms with E-state index >= 15 is 0 Å². The molecule has 0 bridgehead atoms. The molecule has 0 saturated heterocycles. The maximum absolute atomic E-state index is 11.4. The number of aromatic nitrogens is 1. The van der Waals surface area contributed by atoms with E-state index < -0.39 is 0 Å². The highest BCUT2D eigenvalue weighted by Gasteiger charge is 2.31. The molecule has 120 valence electrons. The SMILES string of the molecule is CCN1CC([N+](=O)[O-])=C(NC(C)c2ccc(Cl)nc2)N(C)C1. The van der Waals surface area contributed by atoms with E-state index in [1.807, 2.05) is 36.8 Å². The lowest BCUT2D eigenvalue weighted by Gasteiger charge is -2.35. The third-order valence-corrected chi connectivity index (χ3v) is 3.94. The summed E-state index contributed by atoms with van der Waals surface area (Å²) in [7, 11) is 1.85. The van der Waals surface area contributed by atoms with Crippen LogP contribution < -0.4 is 5.32 Å². The van der Waals surface area contributed by atoms with Crippen LogP contribution >= 0.6 is 11.6 Å². The summed E-state index contributed by atoms with van der Waals surface area (Å²) in [5, 5.41) is 15.0. The van der Waals surface area contributed by atoms with Gasteiger partial charge in [-0.3, -0.25) is 15.0 Å². The third-order valence-electron chi connectivity index (χ3n) is 3.71. The van der Waals surface area contributed by atoms with Crippen LogP contribution in [0.2, 0.25) is 5.15 Å². The molecule has 22 heavy (non-hydrogen) atoms. The minimum atomic E-state index is -0.312. The van der Waals surface area contributed by atoms with Crippen LogP contribution in [0.5, 0.6) is 0 Å². The van der Waals surface area contributed by atoms with Crippen molar-refractivity contribution in [1.29, 1.82) is 0 Å². The standard InChI is InChI=1S/C14H20ClN5O2/c1-4-19-8-12(20(21)22)14(18(3)9-19)17-10(2)11-5-6-13(15)16-7-11/h5-7,10,17H,4,8-9H2,1-3H3. The van der Waals surface area contributed by atoms with Gasteiger partial charge in [-0.2, -0.15) is 0 Å². The van der Waals surface area contributed by atoms with Crippen molar-refractivity contribution in [2.75, 3.05) is 26.8 Å². The van der Waals surface area contributed by atoms with Gasteiger partial charge in [-0.1, -0.05) is 24.6 Å². The van der Waals surface area contributed by atoms with Crippen molar-refractivity contribution in [2.45, 2.75) is 19.9 Å². The van der Waals surface area contributed by atoms with Crippen LogP contribution in [0.15, 0.2) is 29.8 Å². The molecule has 1 unspecified atom stereocenters. The van der Waals surface area contributed by atoms with E-state index in [0.29, 0.717) is 24.2 Å². The minimum Gasteiger partial charge on any atom is -0.360 e. The number of nitro groups is 1. The van der Waals surface area contributed by atoms with Crippen LogP contribution in [0, 0.1) is 10.1 Å². The summed E-state index contributed by atoms with van der Waals surface area (Å²) in [6.07, 6.45) is 1.67. The summed E-state index contributed by atoms with van der Waals surface area (Å²) in [4.78, 5) is 19.0. The van der Waals surface area contributed by atoms with Crippen molar-refractivity contribution in [3.05, 3.63) is 50.7 Å². The molecule has 0 fully saturated rings. The number of pyridine rings is 1. The first-order valence-electron chi connectivity index (χ1n) is 7.11. The Kier molecular flexibility index (Phi) is 5.20. The van der Waals surface area contributed by atoms with E-state index in [2.05, 4.69) is 10.3 Å². The lowest BCUT2D eigenvalue weighted by atomic mass is 10.1. The Morgan fingerprint density at radius 2 is 2.27 bits per heavy atom. The predicted molar refractivity (Wildman–Crippen MR) is 84.7 cm³/mol. The first kappa shape index (κ1) is 16.5. The van der Waals surface area contributed by atoms with Gasteiger partial charge in [-0.15, -0.1) is 0 Å². The fourth-order valence-electron chi connectivity index (χ4n) is 2.41. The molecule has 1 aromatic rings. The summed E-state index contributed by atoms with van der Waals surface area (Å²) in [5.74, 6) is 0.553. The van der Waals surface area contributed by atoms with E-state index in [4.69, 9.17) is 11.6 Å². The number of likely N-dealkylation sites (N-methyl/N-ethyl adjacent to an activating group) is 1. The van der Waals surface area contributed by atoms with Crippen LogP contribution in [-0.2, 0) is 0 Å². The quantitative estimate of drug-likeness (QED) is 0.507. The van der Waals surface area contributed by atoms with Gasteiger partial charge in [0, 0.05) is 13.2 Å². The minimum absolute atomic E-state index is 0.106. The van der Waals surface area contributed by atoms with Crippen LogP contribution in [0.1, 0.15) is 25.5 Å². The van der Waals surface area contributed by atoms with Crippen molar-refractivity contribution in [3.8, 4) is 0 Å². The number of nitrogens with zero attached hydrogens (tertiary/aromatic N) is 4. The third kappa shape index (κ3) is 3.66. The van der Waals surface area contributed by atoms with Crippen molar-refractivity contribution in [1.82, 2.24) is 20.1 Å². The van der Waals surface area contributed by atoms with Crippen LogP contribution in [0.25, 0.3) is 0 Å². The molecule has 0 aromatic carbocycles. The molecule has 0 spiro atoms. The highest BCUT2D eigenvalue weighted by Crippen LogP contribution is 2.21. The van der Waals surface area contributed by atoms with E-state index in [9.17, 15) is 10.1 Å². The molecule has 8 heteroatoms. The number of hydrogen-bond acceptors (Lipinski definition) is 6. The zero-order valence-electron chi connectivity index (χ0n) is 12.9. The van der Waals surface area contributed by atoms with Crippen LogP contribution in [-0.4, -0.2) is 46.5 Å². The van der Waals surface area contributed by atoms with Gasteiger partial charge < -0.3 is 10.2 Å². The van der Waals surface area contributed by atoms with E-state index in [1.54, 1.807) is 12.3 Å². The normalized spacial score (nSPS) is 17.5. The molecule has 0 aliphatic carbocycles. The van der Waals surface area contributed by atoms with Crippen molar-refractivity contribution >= 4 is 11.6 Å². The van der Waals surface area contributed by atoms with Crippen molar-refractivity contribution in [2.24, 2.45) is 0 Å². The molecule has 1 aliphatic heterocycles. The van der Waals surface area contributed by atoms with E-state index in [1.165, 1.54) is 0 Å². The van der Waals surface area contributed by atoms with Gasteiger partial charge >= 0.3 is 0 Å². The first-order valence-corrected chi connectivity index (χ1v) is 7.49. The largest absolute Gasteiger partial charge is 0.360 e. The maximum atomic E-state index is 11.4. The average Bonchev–Trinajstić information content (AvgIpc) is 2.49. The zero-order chi connectivity index (χ0) is 16.3. The Morgan fingerprint density at radius 3 is 2.82 bits per heavy atom. The second-order valence-corrected chi connectivity index (χ2v) is 5.70. The highest BCUT2D eigenvalue weighted by atomic mass is 35.5. The second kappa shape index (κ2) is 6.93. The molecular weight excluding hydrogens is 306 g/mol. The van der Waals surface area contributed by atoms with Crippen molar-refractivity contribution in [3.63, 3.8) is 0 Å². The zero-order valence-corrected chi connectivity index (χ0v) is 13.7. The molecule has 2 rings (SSSR count). The van der Waals surface area contributed by atoms with Crippen LogP contribution in [0.4, 0.5) is 0 Å². The Balaban J connectivity index is 2.23. The fraction of sp³-hybridized carbons (Fsp3) is 0.500. The van der Waals surface area contributed by atoms with Gasteiger partial charge in [0.2, 0.25) is 0 Å². The topological polar surface area (TPSA) is 74.5 Å². The van der Waals surface area contributed by atoms with Crippen LogP contribution in [0.3, 0.4) is 0 Å². The molecule has 2 heterocycles. The summed E-state index contributed by atoms with van der Waals surface area (Å²) < 4.78 is 0. The Labute approximate surface area is 134 Å². The predicted octanol–water partition coefficient (Wildman–Crippen LogP) is 2.06. The Bertz CT molecular complexity index is 575. The molecule has 1 atom stereocenters. The molecule has 0 radical (unpaired) electrons. The lowest BCUT2D eigenvalue weighted by Crippen LogP contribution is -2.47. The first-order chi connectivity index (χ1) is 10.4. The highest BCUT2D eigenvalue weighted by molar-refractivity contribution is 6.29. The second-order valence-electron chi connectivity index (χ2n) is 5.32. The molecular formula is C14H20ClN5O2. The molecule has 1 N–H and O–H groups in total. The van der Waals surface area contributed by atoms with Gasteiger partial charge in [0.25, 0.3) is 5.70 Å². The number of rotatable bonds is 5. The molecule has 7 nitrogen and oxygen atoms in total. The van der Waals surface area contributed by atoms with Crippen molar-refractivity contribution < 1.29 is 4.92 Å². The lowest BCUT2D eigenvalue weighted by molar-refractivity contribution is -0.432. The Hall–Kier alpha value is -1.86. The average molecular weight is 326 g/mol. The molecule has 0 saturated carbocycles. The fourth-order valence-corrected chi connectivity index (χ4v) is 2.52. The van der Waals surface area contributed by atoms with Gasteiger partial charge in [0.15, 0.2) is 5.82 Å². The summed E-state index contributed by atoms with van der Waals surface area (Å²) in [5.41, 5.74) is 1.11. The summed E-state index contributed by atoms with van der Waals surface area (Å²) in [6.45, 7) is 5.69. The van der Waals surface area contributed by atoms with Gasteiger partial charge in [-0.25, -0.2) is 4.98 Å². The smallest absolute Gasteiger partial charge is 0.299 e. The monoisotopic (exact) mass is 325 g/mol. The van der Waals surface area contributed by atoms with E-state index in [-0.39, 0.29) is 16.7 Å². The summed E-state index contributed by atoms with van der Waals surface area (Å²) >= 11 is 5.78. The molecule has 1 aromatic heterocycles. The molecule has 0 amide bonds. The number of halogens is 1. The summed E-state index contributed by atoms with van der Waals surface area (Å²) in [6, 6.07) is 3.47. The number of nitrogens with one attached hydrogen (secondary N) is 1. The van der Waals surface area contributed by atoms with Gasteiger partial charge in [-0.05, 0) is 25.1 Å². The Morgan fingerprint density at radius 1 is 1.55 bits per heavy atom. The molecule has 1 aliphatic rings. The van der Waals surface area contributed by atoms with Gasteiger partial charge in [0.1, 0.15) is 5.15 Å². The number of hydrogen-bond donors (Lipinski definition) is 1. The maximum Gasteiger partial charge on any atom is 0.299 e. The van der Waals surface area contributed by atoms with Gasteiger partial charge in [0.05, 0.1) is 24.2 Å². The van der Waals surface area contributed by atoms with E-state index in [0.717, 1.165) is 12.1 Å².